The molecule has 0 aromatic heterocycles. The van der Waals surface area contributed by atoms with Crippen molar-refractivity contribution in [2.75, 3.05) is 23.4 Å². The molecule has 2 aromatic carbocycles. The molecule has 0 aliphatic carbocycles. The lowest BCUT2D eigenvalue weighted by Gasteiger charge is -2.20. The summed E-state index contributed by atoms with van der Waals surface area (Å²) in [5, 5.41) is 0. The third-order valence-electron chi connectivity index (χ3n) is 5.39. The van der Waals surface area contributed by atoms with Crippen LogP contribution in [0.4, 0.5) is 11.4 Å². The number of amides is 2. The van der Waals surface area contributed by atoms with E-state index in [2.05, 4.69) is 6.92 Å². The Kier molecular flexibility index (Phi) is 3.83. The summed E-state index contributed by atoms with van der Waals surface area (Å²) in [5.41, 5.74) is 3.81. The van der Waals surface area contributed by atoms with Crippen LogP contribution in [-0.4, -0.2) is 25.4 Å². The number of rotatable bonds is 4. The Morgan fingerprint density at radius 3 is 2.08 bits per heavy atom. The maximum atomic E-state index is 13.3. The zero-order valence-electron chi connectivity index (χ0n) is 14.6. The Morgan fingerprint density at radius 1 is 0.840 bits per heavy atom. The zero-order valence-corrected chi connectivity index (χ0v) is 14.6. The van der Waals surface area contributed by atoms with Crippen LogP contribution in [0.25, 0.3) is 0 Å². The number of unbranched alkanes of at least 4 members (excludes halogenated alkanes) is 1. The number of para-hydroxylation sites is 2. The van der Waals surface area contributed by atoms with Crippen molar-refractivity contribution in [1.82, 2.24) is 0 Å². The zero-order chi connectivity index (χ0) is 17.6. The molecule has 2 aliphatic heterocycles. The van der Waals surface area contributed by atoms with Gasteiger partial charge in [-0.05, 0) is 29.7 Å². The van der Waals surface area contributed by atoms with Gasteiger partial charge in [0.05, 0.1) is 11.8 Å². The number of carbonyl (C=O) groups is 2. The van der Waals surface area contributed by atoms with E-state index in [1.54, 1.807) is 11.9 Å². The molecule has 0 N–H and O–H groups in total. The lowest BCUT2D eigenvalue weighted by molar-refractivity contribution is -0.125. The molecular formula is C21H22N2O2. The fourth-order valence-electron chi connectivity index (χ4n) is 4.12. The number of benzene rings is 2. The fourth-order valence-corrected chi connectivity index (χ4v) is 4.12. The molecule has 0 bridgehead atoms. The van der Waals surface area contributed by atoms with Crippen molar-refractivity contribution in [2.24, 2.45) is 0 Å². The summed E-state index contributed by atoms with van der Waals surface area (Å²) in [4.78, 5) is 29.8. The monoisotopic (exact) mass is 334 g/mol. The van der Waals surface area contributed by atoms with Gasteiger partial charge in [-0.3, -0.25) is 9.59 Å². The highest BCUT2D eigenvalue weighted by Crippen LogP contribution is 2.50. The van der Waals surface area contributed by atoms with Gasteiger partial charge in [0.1, 0.15) is 0 Å². The summed E-state index contributed by atoms with van der Waals surface area (Å²) in [7, 11) is 1.79. The van der Waals surface area contributed by atoms with Gasteiger partial charge in [-0.15, -0.1) is 0 Å². The van der Waals surface area contributed by atoms with E-state index < -0.39 is 11.8 Å². The molecule has 2 unspecified atom stereocenters. The number of fused-ring (bicyclic) bond motifs is 2. The molecular weight excluding hydrogens is 312 g/mol. The second kappa shape index (κ2) is 6.03. The first-order chi connectivity index (χ1) is 12.1. The first-order valence-corrected chi connectivity index (χ1v) is 8.92. The predicted molar refractivity (Wildman–Crippen MR) is 99.0 cm³/mol. The predicted octanol–water partition coefficient (Wildman–Crippen LogP) is 3.68. The molecule has 2 aromatic rings. The lowest BCUT2D eigenvalue weighted by Crippen LogP contribution is -2.34. The molecule has 4 rings (SSSR count). The van der Waals surface area contributed by atoms with Gasteiger partial charge in [-0.25, -0.2) is 0 Å². The highest BCUT2D eigenvalue weighted by molar-refractivity contribution is 6.13. The van der Waals surface area contributed by atoms with Gasteiger partial charge in [0.2, 0.25) is 11.8 Å². The average Bonchev–Trinajstić information content (AvgIpc) is 3.05. The molecule has 25 heavy (non-hydrogen) atoms. The Hall–Kier alpha value is -2.62. The van der Waals surface area contributed by atoms with Crippen molar-refractivity contribution in [1.29, 1.82) is 0 Å². The molecule has 4 nitrogen and oxygen atoms in total. The molecule has 128 valence electrons. The number of hydrogen-bond acceptors (Lipinski definition) is 2. The average molecular weight is 334 g/mol. The van der Waals surface area contributed by atoms with Crippen LogP contribution in [-0.2, 0) is 9.59 Å². The van der Waals surface area contributed by atoms with Crippen molar-refractivity contribution < 1.29 is 9.59 Å². The van der Waals surface area contributed by atoms with Crippen molar-refractivity contribution in [3.05, 3.63) is 59.7 Å². The van der Waals surface area contributed by atoms with E-state index in [9.17, 15) is 9.59 Å². The molecule has 0 fully saturated rings. The van der Waals surface area contributed by atoms with Crippen LogP contribution in [0, 0.1) is 0 Å². The number of hydrogen-bond donors (Lipinski definition) is 0. The van der Waals surface area contributed by atoms with E-state index in [4.69, 9.17) is 0 Å². The second-order valence-corrected chi connectivity index (χ2v) is 6.81. The topological polar surface area (TPSA) is 40.6 Å². The minimum atomic E-state index is -0.429. The van der Waals surface area contributed by atoms with Crippen molar-refractivity contribution in [3.63, 3.8) is 0 Å². The smallest absolute Gasteiger partial charge is 0.235 e. The van der Waals surface area contributed by atoms with Crippen molar-refractivity contribution in [3.8, 4) is 0 Å². The molecule has 2 aliphatic rings. The highest BCUT2D eigenvalue weighted by atomic mass is 16.2. The summed E-state index contributed by atoms with van der Waals surface area (Å²) < 4.78 is 0. The van der Waals surface area contributed by atoms with Gasteiger partial charge in [-0.2, -0.15) is 0 Å². The second-order valence-electron chi connectivity index (χ2n) is 6.81. The van der Waals surface area contributed by atoms with E-state index in [1.807, 2.05) is 53.4 Å². The third-order valence-corrected chi connectivity index (χ3v) is 5.39. The van der Waals surface area contributed by atoms with E-state index in [-0.39, 0.29) is 11.8 Å². The van der Waals surface area contributed by atoms with Gasteiger partial charge in [-0.1, -0.05) is 49.7 Å². The Bertz CT molecular complexity index is 845. The van der Waals surface area contributed by atoms with Gasteiger partial charge in [0.15, 0.2) is 0 Å². The number of carbonyl (C=O) groups excluding carboxylic acids is 2. The summed E-state index contributed by atoms with van der Waals surface area (Å²) in [5.74, 6) is -0.794. The van der Waals surface area contributed by atoms with Crippen LogP contribution < -0.4 is 9.80 Å². The highest BCUT2D eigenvalue weighted by Gasteiger charge is 2.49. The molecule has 2 atom stereocenters. The third kappa shape index (κ3) is 2.28. The first-order valence-electron chi connectivity index (χ1n) is 8.92. The van der Waals surface area contributed by atoms with Crippen LogP contribution in [0.2, 0.25) is 0 Å². The van der Waals surface area contributed by atoms with Crippen LogP contribution in [0.15, 0.2) is 48.5 Å². The molecule has 0 saturated carbocycles. The minimum Gasteiger partial charge on any atom is -0.315 e. The maximum Gasteiger partial charge on any atom is 0.235 e. The van der Waals surface area contributed by atoms with Gasteiger partial charge < -0.3 is 9.80 Å². The normalized spacial score (nSPS) is 21.7. The Balaban J connectivity index is 1.81. The molecule has 0 spiro atoms. The van der Waals surface area contributed by atoms with Crippen molar-refractivity contribution in [2.45, 2.75) is 31.6 Å². The number of anilines is 2. The number of nitrogens with zero attached hydrogens (tertiary/aromatic N) is 2. The van der Waals surface area contributed by atoms with Crippen LogP contribution in [0.3, 0.4) is 0 Å². The fraction of sp³-hybridized carbons (Fsp3) is 0.333. The van der Waals surface area contributed by atoms with E-state index >= 15 is 0 Å². The van der Waals surface area contributed by atoms with Gasteiger partial charge in [0.25, 0.3) is 0 Å². The molecule has 4 heteroatoms. The maximum absolute atomic E-state index is 13.3. The first kappa shape index (κ1) is 15.9. The standard InChI is InChI=1S/C21H22N2O2/c1-3-4-13-23-17-12-8-6-10-15(17)19(21(23)25)18-14-9-5-7-11-16(14)22(2)20(18)24/h5-12,18-19H,3-4,13H2,1-2H3. The molecule has 2 amide bonds. The minimum absolute atomic E-state index is 0.00620. The van der Waals surface area contributed by atoms with Crippen molar-refractivity contribution >= 4 is 23.2 Å². The SMILES string of the molecule is CCCCN1C(=O)C(C2C(=O)N(C)c3ccccc32)c2ccccc21. The van der Waals surface area contributed by atoms with Crippen LogP contribution in [0.5, 0.6) is 0 Å². The quantitative estimate of drug-likeness (QED) is 0.856. The molecule has 0 radical (unpaired) electrons. The molecule has 2 heterocycles. The number of likely N-dealkylation sites (N-methyl/N-ethyl adjacent to an activating group) is 1. The lowest BCUT2D eigenvalue weighted by atomic mass is 9.83. The summed E-state index contributed by atoms with van der Waals surface area (Å²) in [6.45, 7) is 2.83. The summed E-state index contributed by atoms with van der Waals surface area (Å²) in [6, 6.07) is 15.7. The molecule has 0 saturated heterocycles. The van der Waals surface area contributed by atoms with Crippen LogP contribution in [0.1, 0.15) is 42.7 Å². The van der Waals surface area contributed by atoms with Crippen LogP contribution >= 0.6 is 0 Å². The Morgan fingerprint density at radius 2 is 1.40 bits per heavy atom. The van der Waals surface area contributed by atoms with Gasteiger partial charge >= 0.3 is 0 Å². The van der Waals surface area contributed by atoms with E-state index in [0.29, 0.717) is 6.54 Å². The van der Waals surface area contributed by atoms with E-state index in [0.717, 1.165) is 35.3 Å². The summed E-state index contributed by atoms with van der Waals surface area (Å²) in [6.07, 6.45) is 1.99. The van der Waals surface area contributed by atoms with Gasteiger partial charge in [0, 0.05) is 25.0 Å². The van der Waals surface area contributed by atoms with E-state index in [1.165, 1.54) is 0 Å². The summed E-state index contributed by atoms with van der Waals surface area (Å²) >= 11 is 0. The Labute approximate surface area is 148 Å². The largest absolute Gasteiger partial charge is 0.315 e.